The zero-order valence-electron chi connectivity index (χ0n) is 11.6. The lowest BCUT2D eigenvalue weighted by Gasteiger charge is -2.11. The fourth-order valence-electron chi connectivity index (χ4n) is 1.95. The summed E-state index contributed by atoms with van der Waals surface area (Å²) in [5, 5.41) is 35.4. The normalized spacial score (nSPS) is 12.3. The molecule has 3 N–H and O–H groups in total. The Bertz CT molecular complexity index is 544. The first-order chi connectivity index (χ1) is 10.2. The van der Waals surface area contributed by atoms with Crippen LogP contribution in [0.15, 0.2) is 30.3 Å². The number of ether oxygens (including phenoxy) is 1. The van der Waals surface area contributed by atoms with Crippen LogP contribution in [0.25, 0.3) is 0 Å². The van der Waals surface area contributed by atoms with Crippen molar-refractivity contribution in [1.82, 2.24) is 15.0 Å². The van der Waals surface area contributed by atoms with Crippen LogP contribution in [-0.2, 0) is 19.6 Å². The van der Waals surface area contributed by atoms with Crippen molar-refractivity contribution in [1.29, 1.82) is 0 Å². The third kappa shape index (κ3) is 4.25. The summed E-state index contributed by atoms with van der Waals surface area (Å²) in [5.74, 6) is 0.762. The summed E-state index contributed by atoms with van der Waals surface area (Å²) >= 11 is 0. The monoisotopic (exact) mass is 293 g/mol. The minimum absolute atomic E-state index is 0.129. The third-order valence-corrected chi connectivity index (χ3v) is 3.01. The molecule has 1 atom stereocenters. The molecule has 2 rings (SSSR count). The van der Waals surface area contributed by atoms with Gasteiger partial charge in [0.2, 0.25) is 0 Å². The first-order valence-electron chi connectivity index (χ1n) is 6.73. The van der Waals surface area contributed by atoms with Crippen LogP contribution in [0, 0.1) is 0 Å². The van der Waals surface area contributed by atoms with E-state index in [0.29, 0.717) is 24.4 Å². The maximum atomic E-state index is 9.49. The molecule has 21 heavy (non-hydrogen) atoms. The SMILES string of the molecule is OCc1nnn(CC(O)CO)c1CCOc1ccccc1. The van der Waals surface area contributed by atoms with E-state index in [2.05, 4.69) is 10.3 Å². The molecule has 1 aromatic carbocycles. The van der Waals surface area contributed by atoms with E-state index in [1.807, 2.05) is 30.3 Å². The van der Waals surface area contributed by atoms with E-state index in [1.54, 1.807) is 0 Å². The molecule has 0 aliphatic rings. The quantitative estimate of drug-likeness (QED) is 0.620. The lowest BCUT2D eigenvalue weighted by atomic mass is 10.2. The van der Waals surface area contributed by atoms with E-state index in [-0.39, 0.29) is 19.8 Å². The number of para-hydroxylation sites is 1. The average Bonchev–Trinajstić information content (AvgIpc) is 2.90. The van der Waals surface area contributed by atoms with Crippen molar-refractivity contribution in [2.24, 2.45) is 0 Å². The molecule has 0 radical (unpaired) electrons. The average molecular weight is 293 g/mol. The summed E-state index contributed by atoms with van der Waals surface area (Å²) in [7, 11) is 0. The molecule has 1 unspecified atom stereocenters. The highest BCUT2D eigenvalue weighted by atomic mass is 16.5. The maximum absolute atomic E-state index is 9.49. The second-order valence-corrected chi connectivity index (χ2v) is 4.57. The first-order valence-corrected chi connectivity index (χ1v) is 6.73. The van der Waals surface area contributed by atoms with Crippen molar-refractivity contribution in [2.75, 3.05) is 13.2 Å². The number of aromatic nitrogens is 3. The Labute approximate surface area is 122 Å². The second kappa shape index (κ2) is 7.72. The second-order valence-electron chi connectivity index (χ2n) is 4.57. The number of benzene rings is 1. The number of aliphatic hydroxyl groups excluding tert-OH is 3. The van der Waals surface area contributed by atoms with Crippen LogP contribution in [-0.4, -0.2) is 49.6 Å². The highest BCUT2D eigenvalue weighted by Crippen LogP contribution is 2.11. The van der Waals surface area contributed by atoms with Gasteiger partial charge in [0.05, 0.1) is 38.2 Å². The lowest BCUT2D eigenvalue weighted by molar-refractivity contribution is 0.0768. The van der Waals surface area contributed by atoms with Crippen molar-refractivity contribution >= 4 is 0 Å². The number of hydrogen-bond donors (Lipinski definition) is 3. The molecule has 0 saturated carbocycles. The smallest absolute Gasteiger partial charge is 0.119 e. The van der Waals surface area contributed by atoms with E-state index in [0.717, 1.165) is 5.75 Å². The summed E-state index contributed by atoms with van der Waals surface area (Å²) in [6.45, 7) is -0.0477. The van der Waals surface area contributed by atoms with Crippen LogP contribution in [0.2, 0.25) is 0 Å². The van der Waals surface area contributed by atoms with Crippen molar-refractivity contribution in [3.8, 4) is 5.75 Å². The molecule has 0 saturated heterocycles. The molecule has 1 aromatic heterocycles. The molecule has 0 aliphatic carbocycles. The van der Waals surface area contributed by atoms with Gasteiger partial charge in [-0.25, -0.2) is 4.68 Å². The van der Waals surface area contributed by atoms with Crippen LogP contribution in [0.1, 0.15) is 11.4 Å². The Hall–Kier alpha value is -1.96. The summed E-state index contributed by atoms with van der Waals surface area (Å²) in [5.41, 5.74) is 1.15. The molecule has 7 heteroatoms. The van der Waals surface area contributed by atoms with Crippen molar-refractivity contribution in [3.05, 3.63) is 41.7 Å². The summed E-state index contributed by atoms with van der Waals surface area (Å²) < 4.78 is 7.09. The molecule has 0 aliphatic heterocycles. The van der Waals surface area contributed by atoms with Crippen LogP contribution in [0.3, 0.4) is 0 Å². The predicted octanol–water partition coefficient (Wildman–Crippen LogP) is -0.255. The molecule has 114 valence electrons. The predicted molar refractivity (Wildman–Crippen MR) is 74.7 cm³/mol. The van der Waals surface area contributed by atoms with Crippen molar-refractivity contribution in [3.63, 3.8) is 0 Å². The van der Waals surface area contributed by atoms with Crippen LogP contribution in [0.4, 0.5) is 0 Å². The van der Waals surface area contributed by atoms with Crippen LogP contribution in [0.5, 0.6) is 5.75 Å². The molecule has 0 bridgehead atoms. The minimum Gasteiger partial charge on any atom is -0.493 e. The highest BCUT2D eigenvalue weighted by molar-refractivity contribution is 5.21. The number of aliphatic hydroxyl groups is 3. The maximum Gasteiger partial charge on any atom is 0.119 e. The Balaban J connectivity index is 1.99. The number of rotatable bonds is 8. The molecular weight excluding hydrogens is 274 g/mol. The van der Waals surface area contributed by atoms with Gasteiger partial charge in [-0.1, -0.05) is 23.4 Å². The Morgan fingerprint density at radius 1 is 1.19 bits per heavy atom. The highest BCUT2D eigenvalue weighted by Gasteiger charge is 2.14. The van der Waals surface area contributed by atoms with Gasteiger partial charge in [-0.2, -0.15) is 0 Å². The van der Waals surface area contributed by atoms with E-state index >= 15 is 0 Å². The molecule has 1 heterocycles. The van der Waals surface area contributed by atoms with Gasteiger partial charge in [0.25, 0.3) is 0 Å². The molecule has 7 nitrogen and oxygen atoms in total. The molecule has 0 fully saturated rings. The van der Waals surface area contributed by atoms with Gasteiger partial charge in [0.15, 0.2) is 0 Å². The van der Waals surface area contributed by atoms with Gasteiger partial charge in [-0.3, -0.25) is 0 Å². The summed E-state index contributed by atoms with van der Waals surface area (Å²) in [4.78, 5) is 0. The van der Waals surface area contributed by atoms with E-state index in [1.165, 1.54) is 4.68 Å². The fourth-order valence-corrected chi connectivity index (χ4v) is 1.95. The Morgan fingerprint density at radius 3 is 2.62 bits per heavy atom. The van der Waals surface area contributed by atoms with Gasteiger partial charge in [-0.15, -0.1) is 5.10 Å². The van der Waals surface area contributed by atoms with Gasteiger partial charge in [0.1, 0.15) is 11.4 Å². The third-order valence-electron chi connectivity index (χ3n) is 3.01. The van der Waals surface area contributed by atoms with Gasteiger partial charge in [0, 0.05) is 6.42 Å². The van der Waals surface area contributed by atoms with E-state index in [9.17, 15) is 10.2 Å². The largest absolute Gasteiger partial charge is 0.493 e. The zero-order chi connectivity index (χ0) is 15.1. The zero-order valence-corrected chi connectivity index (χ0v) is 11.6. The minimum atomic E-state index is -0.910. The van der Waals surface area contributed by atoms with Crippen molar-refractivity contribution < 1.29 is 20.1 Å². The Kier molecular flexibility index (Phi) is 5.68. The summed E-state index contributed by atoms with van der Waals surface area (Å²) in [6.07, 6.45) is -0.414. The standard InChI is InChI=1S/C14H19N3O4/c18-9-11(20)8-17-14(13(10-19)15-16-17)6-7-21-12-4-2-1-3-5-12/h1-5,11,18-20H,6-10H2. The van der Waals surface area contributed by atoms with Crippen molar-refractivity contribution in [2.45, 2.75) is 25.7 Å². The van der Waals surface area contributed by atoms with Gasteiger partial charge in [-0.05, 0) is 12.1 Å². The first kappa shape index (κ1) is 15.4. The molecule has 0 spiro atoms. The lowest BCUT2D eigenvalue weighted by Crippen LogP contribution is -2.23. The van der Waals surface area contributed by atoms with Crippen LogP contribution >= 0.6 is 0 Å². The summed E-state index contributed by atoms with van der Waals surface area (Å²) in [6, 6.07) is 9.40. The fraction of sp³-hybridized carbons (Fsp3) is 0.429. The Morgan fingerprint density at radius 2 is 1.95 bits per heavy atom. The van der Waals surface area contributed by atoms with Gasteiger partial charge < -0.3 is 20.1 Å². The number of nitrogens with zero attached hydrogens (tertiary/aromatic N) is 3. The van der Waals surface area contributed by atoms with Crippen LogP contribution < -0.4 is 4.74 Å². The molecule has 0 amide bonds. The molecule has 2 aromatic rings. The topological polar surface area (TPSA) is 101 Å². The van der Waals surface area contributed by atoms with E-state index < -0.39 is 6.10 Å². The van der Waals surface area contributed by atoms with Gasteiger partial charge >= 0.3 is 0 Å². The van der Waals surface area contributed by atoms with E-state index in [4.69, 9.17) is 9.84 Å². The number of hydrogen-bond acceptors (Lipinski definition) is 6. The molecular formula is C14H19N3O4.